The van der Waals surface area contributed by atoms with E-state index >= 15 is 0 Å². The van der Waals surface area contributed by atoms with Crippen LogP contribution in [-0.2, 0) is 6.54 Å². The summed E-state index contributed by atoms with van der Waals surface area (Å²) < 4.78 is 0. The van der Waals surface area contributed by atoms with Gasteiger partial charge < -0.3 is 10.4 Å². The van der Waals surface area contributed by atoms with E-state index in [0.717, 1.165) is 22.4 Å². The number of hydrogen-bond acceptors (Lipinski definition) is 3. The zero-order chi connectivity index (χ0) is 13.7. The fourth-order valence-electron chi connectivity index (χ4n) is 1.94. The number of nitrogens with one attached hydrogen (secondary N) is 1. The maximum absolute atomic E-state index is 10.1. The number of aromatic nitrogens is 1. The standard InChI is InChI=1S/C16H20N2O/c1-12-4-3-5-14(8-12)16(19)11-17-10-15-7-6-13(2)9-18-15/h3-9,16-17,19H,10-11H2,1-2H3. The minimum Gasteiger partial charge on any atom is -0.387 e. The fourth-order valence-corrected chi connectivity index (χ4v) is 1.94. The van der Waals surface area contributed by atoms with Crippen molar-refractivity contribution in [2.45, 2.75) is 26.5 Å². The Kier molecular flexibility index (Phi) is 4.66. The van der Waals surface area contributed by atoms with Crippen LogP contribution in [0.5, 0.6) is 0 Å². The van der Waals surface area contributed by atoms with Gasteiger partial charge in [0.2, 0.25) is 0 Å². The molecule has 1 atom stereocenters. The molecular formula is C16H20N2O. The van der Waals surface area contributed by atoms with Gasteiger partial charge in [-0.1, -0.05) is 35.9 Å². The minimum absolute atomic E-state index is 0.481. The minimum atomic E-state index is -0.481. The molecule has 0 saturated heterocycles. The normalized spacial score (nSPS) is 12.4. The molecule has 0 saturated carbocycles. The lowest BCUT2D eigenvalue weighted by molar-refractivity contribution is 0.174. The van der Waals surface area contributed by atoms with Crippen LogP contribution in [0, 0.1) is 13.8 Å². The summed E-state index contributed by atoms with van der Waals surface area (Å²) in [6.07, 6.45) is 1.37. The van der Waals surface area contributed by atoms with Crippen LogP contribution in [0.2, 0.25) is 0 Å². The van der Waals surface area contributed by atoms with E-state index in [1.807, 2.05) is 56.4 Å². The Labute approximate surface area is 114 Å². The van der Waals surface area contributed by atoms with E-state index in [1.165, 1.54) is 0 Å². The second-order valence-corrected chi connectivity index (χ2v) is 4.89. The Balaban J connectivity index is 1.84. The van der Waals surface area contributed by atoms with E-state index in [9.17, 15) is 5.11 Å². The zero-order valence-corrected chi connectivity index (χ0v) is 11.4. The van der Waals surface area contributed by atoms with Gasteiger partial charge in [-0.3, -0.25) is 4.98 Å². The summed E-state index contributed by atoms with van der Waals surface area (Å²) in [7, 11) is 0. The second kappa shape index (κ2) is 6.45. The number of benzene rings is 1. The van der Waals surface area contributed by atoms with Gasteiger partial charge in [-0.15, -0.1) is 0 Å². The monoisotopic (exact) mass is 256 g/mol. The number of hydrogen-bond donors (Lipinski definition) is 2. The lowest BCUT2D eigenvalue weighted by Crippen LogP contribution is -2.21. The Morgan fingerprint density at radius 2 is 2.00 bits per heavy atom. The Morgan fingerprint density at radius 3 is 2.68 bits per heavy atom. The highest BCUT2D eigenvalue weighted by molar-refractivity contribution is 5.24. The highest BCUT2D eigenvalue weighted by Gasteiger charge is 2.06. The zero-order valence-electron chi connectivity index (χ0n) is 11.4. The van der Waals surface area contributed by atoms with Crippen molar-refractivity contribution in [1.82, 2.24) is 10.3 Å². The van der Waals surface area contributed by atoms with Crippen LogP contribution in [0.3, 0.4) is 0 Å². The Bertz CT molecular complexity index is 523. The first-order valence-corrected chi connectivity index (χ1v) is 6.52. The van der Waals surface area contributed by atoms with Crippen molar-refractivity contribution < 1.29 is 5.11 Å². The van der Waals surface area contributed by atoms with Crippen molar-refractivity contribution in [2.75, 3.05) is 6.54 Å². The molecule has 3 nitrogen and oxygen atoms in total. The number of rotatable bonds is 5. The van der Waals surface area contributed by atoms with E-state index in [0.29, 0.717) is 13.1 Å². The van der Waals surface area contributed by atoms with Gasteiger partial charge in [0.1, 0.15) is 0 Å². The number of aliphatic hydroxyl groups excluding tert-OH is 1. The third-order valence-electron chi connectivity index (χ3n) is 3.04. The van der Waals surface area contributed by atoms with Crippen LogP contribution < -0.4 is 5.32 Å². The van der Waals surface area contributed by atoms with Crippen LogP contribution in [-0.4, -0.2) is 16.6 Å². The molecule has 0 amide bonds. The Hall–Kier alpha value is -1.71. The van der Waals surface area contributed by atoms with E-state index < -0.39 is 6.10 Å². The predicted octanol–water partition coefficient (Wildman–Crippen LogP) is 2.52. The van der Waals surface area contributed by atoms with Crippen LogP contribution in [0.15, 0.2) is 42.6 Å². The lowest BCUT2D eigenvalue weighted by Gasteiger charge is -2.12. The topological polar surface area (TPSA) is 45.1 Å². The van der Waals surface area contributed by atoms with Crippen LogP contribution >= 0.6 is 0 Å². The van der Waals surface area contributed by atoms with Crippen molar-refractivity contribution in [3.05, 3.63) is 65.0 Å². The fraction of sp³-hybridized carbons (Fsp3) is 0.312. The van der Waals surface area contributed by atoms with E-state index in [2.05, 4.69) is 10.3 Å². The molecule has 0 aliphatic carbocycles. The van der Waals surface area contributed by atoms with Crippen LogP contribution in [0.4, 0.5) is 0 Å². The predicted molar refractivity (Wildman–Crippen MR) is 76.8 cm³/mol. The summed E-state index contributed by atoms with van der Waals surface area (Å²) >= 11 is 0. The van der Waals surface area contributed by atoms with Gasteiger partial charge in [0, 0.05) is 19.3 Å². The number of aliphatic hydroxyl groups is 1. The third-order valence-corrected chi connectivity index (χ3v) is 3.04. The van der Waals surface area contributed by atoms with Crippen molar-refractivity contribution in [1.29, 1.82) is 0 Å². The molecule has 3 heteroatoms. The highest BCUT2D eigenvalue weighted by atomic mass is 16.3. The molecule has 19 heavy (non-hydrogen) atoms. The second-order valence-electron chi connectivity index (χ2n) is 4.89. The highest BCUT2D eigenvalue weighted by Crippen LogP contribution is 2.13. The number of aryl methyl sites for hydroxylation is 2. The van der Waals surface area contributed by atoms with Crippen LogP contribution in [0.1, 0.15) is 28.5 Å². The van der Waals surface area contributed by atoms with Gasteiger partial charge in [-0.25, -0.2) is 0 Å². The van der Waals surface area contributed by atoms with Crippen molar-refractivity contribution in [2.24, 2.45) is 0 Å². The molecule has 0 spiro atoms. The molecule has 1 aromatic heterocycles. The van der Waals surface area contributed by atoms with Crippen LogP contribution in [0.25, 0.3) is 0 Å². The molecular weight excluding hydrogens is 236 g/mol. The van der Waals surface area contributed by atoms with Gasteiger partial charge in [-0.05, 0) is 31.0 Å². The summed E-state index contributed by atoms with van der Waals surface area (Å²) in [6.45, 7) is 5.24. The number of pyridine rings is 1. The molecule has 100 valence electrons. The average Bonchev–Trinajstić information content (AvgIpc) is 2.41. The first-order chi connectivity index (χ1) is 9.15. The van der Waals surface area contributed by atoms with Gasteiger partial charge in [-0.2, -0.15) is 0 Å². The van der Waals surface area contributed by atoms with Crippen molar-refractivity contribution in [3.63, 3.8) is 0 Å². The molecule has 0 aliphatic heterocycles. The van der Waals surface area contributed by atoms with Crippen molar-refractivity contribution >= 4 is 0 Å². The van der Waals surface area contributed by atoms with Gasteiger partial charge in [0.15, 0.2) is 0 Å². The van der Waals surface area contributed by atoms with E-state index in [-0.39, 0.29) is 0 Å². The third kappa shape index (κ3) is 4.16. The summed E-state index contributed by atoms with van der Waals surface area (Å²) in [5, 5.41) is 13.3. The van der Waals surface area contributed by atoms with Gasteiger partial charge in [0.05, 0.1) is 11.8 Å². The SMILES string of the molecule is Cc1ccc(CNCC(O)c2cccc(C)c2)nc1. The quantitative estimate of drug-likeness (QED) is 0.864. The summed E-state index contributed by atoms with van der Waals surface area (Å²) in [5.74, 6) is 0. The molecule has 0 bridgehead atoms. The largest absolute Gasteiger partial charge is 0.387 e. The molecule has 1 aromatic carbocycles. The summed E-state index contributed by atoms with van der Waals surface area (Å²) in [6, 6.07) is 12.0. The van der Waals surface area contributed by atoms with E-state index in [1.54, 1.807) is 0 Å². The smallest absolute Gasteiger partial charge is 0.0914 e. The first kappa shape index (κ1) is 13.7. The van der Waals surface area contributed by atoms with Crippen molar-refractivity contribution in [3.8, 4) is 0 Å². The molecule has 0 aliphatic rings. The average molecular weight is 256 g/mol. The molecule has 0 fully saturated rings. The van der Waals surface area contributed by atoms with Gasteiger partial charge >= 0.3 is 0 Å². The Morgan fingerprint density at radius 1 is 1.16 bits per heavy atom. The van der Waals surface area contributed by atoms with Gasteiger partial charge in [0.25, 0.3) is 0 Å². The molecule has 2 N–H and O–H groups in total. The molecule has 2 aromatic rings. The number of nitrogens with zero attached hydrogens (tertiary/aromatic N) is 1. The molecule has 2 rings (SSSR count). The maximum atomic E-state index is 10.1. The summed E-state index contributed by atoms with van der Waals surface area (Å²) in [4.78, 5) is 4.32. The molecule has 1 unspecified atom stereocenters. The molecule has 1 heterocycles. The maximum Gasteiger partial charge on any atom is 0.0914 e. The first-order valence-electron chi connectivity index (χ1n) is 6.52. The lowest BCUT2D eigenvalue weighted by atomic mass is 10.1. The van der Waals surface area contributed by atoms with E-state index in [4.69, 9.17) is 0 Å². The summed E-state index contributed by atoms with van der Waals surface area (Å²) in [5.41, 5.74) is 4.26. The molecule has 0 radical (unpaired) electrons.